The number of aromatic nitrogens is 1. The van der Waals surface area contributed by atoms with Gasteiger partial charge in [0.2, 0.25) is 0 Å². The van der Waals surface area contributed by atoms with Crippen molar-refractivity contribution in [3.8, 4) is 11.5 Å². The van der Waals surface area contributed by atoms with Crippen LogP contribution in [0.15, 0.2) is 47.7 Å². The predicted molar refractivity (Wildman–Crippen MR) is 114 cm³/mol. The lowest BCUT2D eigenvalue weighted by molar-refractivity contribution is 0.265. The highest BCUT2D eigenvalue weighted by Gasteiger charge is 2.31. The van der Waals surface area contributed by atoms with Gasteiger partial charge in [0.15, 0.2) is 17.5 Å². The highest BCUT2D eigenvalue weighted by molar-refractivity contribution is 5.80. The lowest BCUT2D eigenvalue weighted by Gasteiger charge is -2.22. The number of halogens is 1. The summed E-state index contributed by atoms with van der Waals surface area (Å²) in [4.78, 5) is 10.7. The largest absolute Gasteiger partial charge is 0.453 e. The molecule has 2 unspecified atom stereocenters. The van der Waals surface area contributed by atoms with Crippen LogP contribution < -0.4 is 15.4 Å². The van der Waals surface area contributed by atoms with Crippen molar-refractivity contribution >= 4 is 5.96 Å². The van der Waals surface area contributed by atoms with Gasteiger partial charge in [0.05, 0.1) is 6.20 Å². The lowest BCUT2D eigenvalue weighted by atomic mass is 10.1. The number of ether oxygens (including phenoxy) is 1. The van der Waals surface area contributed by atoms with Gasteiger partial charge in [-0.2, -0.15) is 0 Å². The number of nitrogens with zero attached hydrogens (tertiary/aromatic N) is 3. The highest BCUT2D eigenvalue weighted by atomic mass is 19.1. The minimum absolute atomic E-state index is 0.179. The molecule has 1 aromatic carbocycles. The Balaban J connectivity index is 1.55. The Kier molecular flexibility index (Phi) is 7.04. The van der Waals surface area contributed by atoms with Crippen LogP contribution in [0.2, 0.25) is 0 Å². The molecule has 1 aliphatic rings. The number of rotatable bonds is 6. The summed E-state index contributed by atoms with van der Waals surface area (Å²) < 4.78 is 20.0. The Hall–Kier alpha value is -2.67. The summed E-state index contributed by atoms with van der Waals surface area (Å²) in [5.41, 5.74) is 0.812. The maximum Gasteiger partial charge on any atom is 0.191 e. The van der Waals surface area contributed by atoms with Gasteiger partial charge >= 0.3 is 0 Å². The normalized spacial score (nSPS) is 20.1. The summed E-state index contributed by atoms with van der Waals surface area (Å²) in [6, 6.07) is 9.32. The Labute approximate surface area is 172 Å². The highest BCUT2D eigenvalue weighted by Crippen LogP contribution is 2.24. The molecule has 2 heterocycles. The Morgan fingerprint density at radius 3 is 2.79 bits per heavy atom. The van der Waals surface area contributed by atoms with Crippen molar-refractivity contribution in [2.45, 2.75) is 39.4 Å². The van der Waals surface area contributed by atoms with E-state index in [4.69, 9.17) is 4.74 Å². The van der Waals surface area contributed by atoms with Gasteiger partial charge in [0.25, 0.3) is 0 Å². The van der Waals surface area contributed by atoms with E-state index in [-0.39, 0.29) is 5.75 Å². The van der Waals surface area contributed by atoms with Gasteiger partial charge in [-0.15, -0.1) is 0 Å². The van der Waals surface area contributed by atoms with Crippen molar-refractivity contribution in [2.75, 3.05) is 20.1 Å². The van der Waals surface area contributed by atoms with Gasteiger partial charge < -0.3 is 15.4 Å². The third kappa shape index (κ3) is 5.67. The van der Waals surface area contributed by atoms with Crippen molar-refractivity contribution in [1.82, 2.24) is 20.5 Å². The molecule has 1 aromatic heterocycles. The first kappa shape index (κ1) is 21.0. The van der Waals surface area contributed by atoms with Crippen LogP contribution in [0.5, 0.6) is 11.5 Å². The van der Waals surface area contributed by atoms with E-state index in [0.29, 0.717) is 30.3 Å². The second-order valence-electron chi connectivity index (χ2n) is 7.76. The Morgan fingerprint density at radius 2 is 2.17 bits per heavy atom. The molecular weight excluding hydrogens is 369 g/mol. The van der Waals surface area contributed by atoms with E-state index in [9.17, 15) is 4.39 Å². The molecule has 0 spiro atoms. The number of likely N-dealkylation sites (tertiary alicyclic amines) is 1. The van der Waals surface area contributed by atoms with Gasteiger partial charge in [0, 0.05) is 45.0 Å². The zero-order chi connectivity index (χ0) is 20.8. The summed E-state index contributed by atoms with van der Waals surface area (Å²) in [7, 11) is 1.75. The average molecular weight is 400 g/mol. The van der Waals surface area contributed by atoms with Crippen LogP contribution in [0.3, 0.4) is 0 Å². The molecule has 2 N–H and O–H groups in total. The maximum atomic E-state index is 14.4. The quantitative estimate of drug-likeness (QED) is 0.576. The van der Waals surface area contributed by atoms with E-state index in [1.165, 1.54) is 6.07 Å². The van der Waals surface area contributed by atoms with E-state index < -0.39 is 5.82 Å². The van der Waals surface area contributed by atoms with Crippen LogP contribution in [-0.4, -0.2) is 48.1 Å². The molecule has 1 aliphatic heterocycles. The predicted octanol–water partition coefficient (Wildman–Crippen LogP) is 3.41. The molecule has 7 heteroatoms. The number of benzene rings is 1. The van der Waals surface area contributed by atoms with Crippen LogP contribution in [0.1, 0.15) is 26.3 Å². The van der Waals surface area contributed by atoms with E-state index in [1.807, 2.05) is 6.07 Å². The molecule has 0 amide bonds. The van der Waals surface area contributed by atoms with Gasteiger partial charge in [-0.3, -0.25) is 14.9 Å². The summed E-state index contributed by atoms with van der Waals surface area (Å²) >= 11 is 0. The van der Waals surface area contributed by atoms with Crippen LogP contribution in [0.4, 0.5) is 4.39 Å². The summed E-state index contributed by atoms with van der Waals surface area (Å²) in [5, 5.41) is 6.78. The summed E-state index contributed by atoms with van der Waals surface area (Å²) in [5.74, 6) is 1.54. The molecule has 2 atom stereocenters. The Bertz CT molecular complexity index is 827. The van der Waals surface area contributed by atoms with E-state index in [0.717, 1.165) is 24.6 Å². The third-order valence-electron chi connectivity index (χ3n) is 5.24. The van der Waals surface area contributed by atoms with Gasteiger partial charge in [0.1, 0.15) is 5.75 Å². The van der Waals surface area contributed by atoms with Gasteiger partial charge in [-0.25, -0.2) is 4.39 Å². The molecule has 0 radical (unpaired) electrons. The molecule has 3 rings (SSSR count). The minimum atomic E-state index is -0.409. The SMILES string of the molecule is CN=C(NCc1ccc(Oc2cccnc2)c(F)c1)NC1CN(C(C)C)CC1C. The van der Waals surface area contributed by atoms with Gasteiger partial charge in [-0.05, 0) is 49.6 Å². The molecule has 0 bridgehead atoms. The smallest absolute Gasteiger partial charge is 0.191 e. The minimum Gasteiger partial charge on any atom is -0.453 e. The fraction of sp³-hybridized carbons (Fsp3) is 0.455. The standard InChI is InChI=1S/C22H30FN5O/c1-15(2)28-13-16(3)20(14-28)27-22(24-4)26-11-17-7-8-21(19(23)10-17)29-18-6-5-9-25-12-18/h5-10,12,15-16,20H,11,13-14H2,1-4H3,(H2,24,26,27). The second-order valence-corrected chi connectivity index (χ2v) is 7.76. The van der Waals surface area contributed by atoms with Crippen LogP contribution in [0, 0.1) is 11.7 Å². The lowest BCUT2D eigenvalue weighted by Crippen LogP contribution is -2.46. The molecule has 0 saturated carbocycles. The van der Waals surface area contributed by atoms with Crippen LogP contribution in [-0.2, 0) is 6.54 Å². The van der Waals surface area contributed by atoms with Crippen molar-refractivity contribution < 1.29 is 9.13 Å². The third-order valence-corrected chi connectivity index (χ3v) is 5.24. The first-order chi connectivity index (χ1) is 14.0. The van der Waals surface area contributed by atoms with Gasteiger partial charge in [-0.1, -0.05) is 13.0 Å². The zero-order valence-electron chi connectivity index (χ0n) is 17.5. The van der Waals surface area contributed by atoms with Crippen LogP contribution in [0.25, 0.3) is 0 Å². The van der Waals surface area contributed by atoms with Crippen molar-refractivity contribution in [3.63, 3.8) is 0 Å². The first-order valence-corrected chi connectivity index (χ1v) is 10.0. The second kappa shape index (κ2) is 9.69. The Morgan fingerprint density at radius 1 is 1.34 bits per heavy atom. The van der Waals surface area contributed by atoms with Crippen molar-refractivity contribution in [1.29, 1.82) is 0 Å². The molecule has 156 valence electrons. The fourth-order valence-corrected chi connectivity index (χ4v) is 3.44. The first-order valence-electron chi connectivity index (χ1n) is 10.0. The summed E-state index contributed by atoms with van der Waals surface area (Å²) in [6.45, 7) is 9.24. The fourth-order valence-electron chi connectivity index (χ4n) is 3.44. The molecule has 0 aliphatic carbocycles. The van der Waals surface area contributed by atoms with E-state index in [2.05, 4.69) is 46.3 Å². The molecular formula is C22H30FN5O. The maximum absolute atomic E-state index is 14.4. The topological polar surface area (TPSA) is 61.8 Å². The van der Waals surface area contributed by atoms with Crippen molar-refractivity contribution in [3.05, 3.63) is 54.1 Å². The van der Waals surface area contributed by atoms with E-state index in [1.54, 1.807) is 37.6 Å². The average Bonchev–Trinajstić information content (AvgIpc) is 3.08. The number of aliphatic imine (C=N–C) groups is 1. The summed E-state index contributed by atoms with van der Waals surface area (Å²) in [6.07, 6.45) is 3.20. The number of pyridine rings is 1. The monoisotopic (exact) mass is 399 g/mol. The molecule has 1 saturated heterocycles. The number of hydrogen-bond donors (Lipinski definition) is 2. The molecule has 2 aromatic rings. The molecule has 1 fully saturated rings. The van der Waals surface area contributed by atoms with Crippen LogP contribution >= 0.6 is 0 Å². The number of guanidine groups is 1. The molecule has 29 heavy (non-hydrogen) atoms. The number of hydrogen-bond acceptors (Lipinski definition) is 4. The number of nitrogens with one attached hydrogen (secondary N) is 2. The van der Waals surface area contributed by atoms with E-state index >= 15 is 0 Å². The van der Waals surface area contributed by atoms with Crippen molar-refractivity contribution in [2.24, 2.45) is 10.9 Å². The molecule has 6 nitrogen and oxygen atoms in total. The zero-order valence-corrected chi connectivity index (χ0v) is 17.5.